The lowest BCUT2D eigenvalue weighted by Gasteiger charge is -2.05. The van der Waals surface area contributed by atoms with E-state index in [9.17, 15) is 9.18 Å². The second-order valence-electron chi connectivity index (χ2n) is 3.59. The summed E-state index contributed by atoms with van der Waals surface area (Å²) in [4.78, 5) is 11.9. The molecule has 0 saturated carbocycles. The van der Waals surface area contributed by atoms with E-state index < -0.39 is 0 Å². The lowest BCUT2D eigenvalue weighted by atomic mass is 10.2. The molecule has 0 bridgehead atoms. The molecule has 0 fully saturated rings. The number of halogens is 1. The van der Waals surface area contributed by atoms with Gasteiger partial charge in [-0.3, -0.25) is 4.79 Å². The van der Waals surface area contributed by atoms with Gasteiger partial charge in [-0.25, -0.2) is 4.39 Å². The van der Waals surface area contributed by atoms with E-state index >= 15 is 0 Å². The largest absolute Gasteiger partial charge is 0.497 e. The molecule has 0 amide bonds. The van der Waals surface area contributed by atoms with Gasteiger partial charge in [0.05, 0.1) is 7.11 Å². The predicted molar refractivity (Wildman–Crippen MR) is 68.9 cm³/mol. The summed E-state index contributed by atoms with van der Waals surface area (Å²) in [6, 6.07) is 11.8. The van der Waals surface area contributed by atoms with E-state index in [2.05, 4.69) is 0 Å². The number of benzene rings is 2. The molecule has 2 aromatic carbocycles. The normalized spacial score (nSPS) is 10.1. The molecule has 0 saturated heterocycles. The Bertz CT molecular complexity index is 552. The summed E-state index contributed by atoms with van der Waals surface area (Å²) in [7, 11) is 1.60. The number of hydrogen-bond acceptors (Lipinski definition) is 3. The number of hydrogen-bond donors (Lipinski definition) is 0. The van der Waals surface area contributed by atoms with Gasteiger partial charge in [0, 0.05) is 15.4 Å². The summed E-state index contributed by atoms with van der Waals surface area (Å²) >= 11 is 1.31. The monoisotopic (exact) mass is 262 g/mol. The van der Waals surface area contributed by atoms with E-state index in [4.69, 9.17) is 4.74 Å². The first kappa shape index (κ1) is 12.6. The summed E-state index contributed by atoms with van der Waals surface area (Å²) in [5.74, 6) is 0.372. The summed E-state index contributed by atoms with van der Waals surface area (Å²) < 4.78 is 18.7. The molecule has 0 spiro atoms. The lowest BCUT2D eigenvalue weighted by Crippen LogP contribution is -1.86. The van der Waals surface area contributed by atoms with Crippen molar-refractivity contribution in [2.45, 2.75) is 9.79 Å². The molecule has 0 atom stereocenters. The van der Waals surface area contributed by atoms with Crippen LogP contribution in [0.1, 0.15) is 10.4 Å². The van der Waals surface area contributed by atoms with Gasteiger partial charge in [-0.2, -0.15) is 0 Å². The van der Waals surface area contributed by atoms with Crippen LogP contribution in [0.4, 0.5) is 4.39 Å². The Balaban J connectivity index is 2.19. The fourth-order valence-corrected chi connectivity index (χ4v) is 2.26. The number of aldehydes is 1. The number of rotatable bonds is 4. The molecule has 0 unspecified atom stereocenters. The van der Waals surface area contributed by atoms with Crippen LogP contribution in [0.2, 0.25) is 0 Å². The van der Waals surface area contributed by atoms with Crippen LogP contribution in [0.5, 0.6) is 5.75 Å². The highest BCUT2D eigenvalue weighted by atomic mass is 32.2. The second kappa shape index (κ2) is 5.69. The molecule has 4 heteroatoms. The second-order valence-corrected chi connectivity index (χ2v) is 4.70. The molecule has 0 aliphatic carbocycles. The van der Waals surface area contributed by atoms with Crippen LogP contribution in [0.15, 0.2) is 52.3 Å². The Kier molecular flexibility index (Phi) is 3.99. The Morgan fingerprint density at radius 1 is 1.17 bits per heavy atom. The van der Waals surface area contributed by atoms with Crippen LogP contribution in [-0.2, 0) is 0 Å². The highest BCUT2D eigenvalue weighted by Crippen LogP contribution is 2.31. The van der Waals surface area contributed by atoms with Crippen molar-refractivity contribution in [3.05, 3.63) is 53.8 Å². The summed E-state index contributed by atoms with van der Waals surface area (Å²) in [6.45, 7) is 0. The lowest BCUT2D eigenvalue weighted by molar-refractivity contribution is 0.112. The van der Waals surface area contributed by atoms with Crippen molar-refractivity contribution in [1.82, 2.24) is 0 Å². The van der Waals surface area contributed by atoms with E-state index in [1.807, 2.05) is 24.3 Å². The third kappa shape index (κ3) is 2.90. The van der Waals surface area contributed by atoms with E-state index in [0.29, 0.717) is 16.7 Å². The smallest absolute Gasteiger partial charge is 0.150 e. The minimum absolute atomic E-state index is 0.339. The van der Waals surface area contributed by atoms with E-state index in [1.54, 1.807) is 19.2 Å². The molecule has 92 valence electrons. The molecule has 0 aliphatic rings. The van der Waals surface area contributed by atoms with Gasteiger partial charge in [-0.1, -0.05) is 17.8 Å². The molecule has 18 heavy (non-hydrogen) atoms. The van der Waals surface area contributed by atoms with Crippen molar-refractivity contribution in [2.24, 2.45) is 0 Å². The first-order valence-corrected chi connectivity index (χ1v) is 6.11. The Morgan fingerprint density at radius 2 is 1.89 bits per heavy atom. The van der Waals surface area contributed by atoms with Crippen molar-refractivity contribution in [3.8, 4) is 5.75 Å². The average molecular weight is 262 g/mol. The molecule has 0 radical (unpaired) electrons. The third-order valence-electron chi connectivity index (χ3n) is 2.38. The van der Waals surface area contributed by atoms with Crippen molar-refractivity contribution >= 4 is 18.0 Å². The van der Waals surface area contributed by atoms with Crippen LogP contribution < -0.4 is 4.74 Å². The molecule has 0 N–H and O–H groups in total. The van der Waals surface area contributed by atoms with Crippen LogP contribution >= 0.6 is 11.8 Å². The maximum Gasteiger partial charge on any atom is 0.150 e. The van der Waals surface area contributed by atoms with E-state index in [1.165, 1.54) is 17.8 Å². The van der Waals surface area contributed by atoms with Crippen molar-refractivity contribution < 1.29 is 13.9 Å². The topological polar surface area (TPSA) is 26.3 Å². The van der Waals surface area contributed by atoms with Gasteiger partial charge in [-0.05, 0) is 36.4 Å². The highest BCUT2D eigenvalue weighted by Gasteiger charge is 2.05. The van der Waals surface area contributed by atoms with Gasteiger partial charge >= 0.3 is 0 Å². The first-order valence-electron chi connectivity index (χ1n) is 5.29. The van der Waals surface area contributed by atoms with Gasteiger partial charge in [0.25, 0.3) is 0 Å². The minimum Gasteiger partial charge on any atom is -0.497 e. The van der Waals surface area contributed by atoms with Gasteiger partial charge in [0.1, 0.15) is 17.9 Å². The Labute approximate surface area is 109 Å². The number of ether oxygens (including phenoxy) is 1. The molecule has 0 aliphatic heterocycles. The summed E-state index contributed by atoms with van der Waals surface area (Å²) in [6.07, 6.45) is 0.630. The van der Waals surface area contributed by atoms with Gasteiger partial charge in [0.15, 0.2) is 0 Å². The summed E-state index contributed by atoms with van der Waals surface area (Å²) in [5.41, 5.74) is 0.339. The maximum atomic E-state index is 13.7. The van der Waals surface area contributed by atoms with E-state index in [-0.39, 0.29) is 5.82 Å². The predicted octanol–water partition coefficient (Wildman–Crippen LogP) is 3.80. The van der Waals surface area contributed by atoms with Crippen LogP contribution in [0.3, 0.4) is 0 Å². The molecular weight excluding hydrogens is 251 g/mol. The van der Waals surface area contributed by atoms with Gasteiger partial charge in [0.2, 0.25) is 0 Å². The van der Waals surface area contributed by atoms with Crippen molar-refractivity contribution in [1.29, 1.82) is 0 Å². The molecule has 2 aromatic rings. The zero-order valence-corrected chi connectivity index (χ0v) is 10.5. The number of carbonyl (C=O) groups excluding carboxylic acids is 1. The zero-order valence-electron chi connectivity index (χ0n) is 9.72. The van der Waals surface area contributed by atoms with Gasteiger partial charge < -0.3 is 4.74 Å². The average Bonchev–Trinajstić information content (AvgIpc) is 2.42. The van der Waals surface area contributed by atoms with Crippen molar-refractivity contribution in [2.75, 3.05) is 7.11 Å². The summed E-state index contributed by atoms with van der Waals surface area (Å²) in [5, 5.41) is 0. The molecule has 2 nitrogen and oxygen atoms in total. The van der Waals surface area contributed by atoms with Crippen molar-refractivity contribution in [3.63, 3.8) is 0 Å². The Hall–Kier alpha value is -1.81. The van der Waals surface area contributed by atoms with Gasteiger partial charge in [-0.15, -0.1) is 0 Å². The number of carbonyl (C=O) groups is 1. The van der Waals surface area contributed by atoms with Crippen LogP contribution in [0, 0.1) is 5.82 Å². The SMILES string of the molecule is COc1ccc(Sc2ccc(C=O)cc2F)cc1. The maximum absolute atomic E-state index is 13.7. The fourth-order valence-electron chi connectivity index (χ4n) is 1.44. The third-order valence-corrected chi connectivity index (χ3v) is 3.44. The molecule has 2 rings (SSSR count). The standard InChI is InChI=1S/C14H11FO2S/c1-17-11-3-5-12(6-4-11)18-14-7-2-10(9-16)8-13(14)15/h2-9H,1H3. The van der Waals surface area contributed by atoms with Crippen LogP contribution in [0.25, 0.3) is 0 Å². The molecule has 0 aromatic heterocycles. The quantitative estimate of drug-likeness (QED) is 0.784. The minimum atomic E-state index is -0.389. The highest BCUT2D eigenvalue weighted by molar-refractivity contribution is 7.99. The van der Waals surface area contributed by atoms with Crippen LogP contribution in [-0.4, -0.2) is 13.4 Å². The number of methoxy groups -OCH3 is 1. The first-order chi connectivity index (χ1) is 8.72. The van der Waals surface area contributed by atoms with E-state index in [0.717, 1.165) is 10.6 Å². The zero-order chi connectivity index (χ0) is 13.0. The molecular formula is C14H11FO2S. The molecule has 0 heterocycles. The Morgan fingerprint density at radius 3 is 2.44 bits per heavy atom. The fraction of sp³-hybridized carbons (Fsp3) is 0.0714.